The molecule has 0 spiro atoms. The predicted molar refractivity (Wildman–Crippen MR) is 66.2 cm³/mol. The highest BCUT2D eigenvalue weighted by Gasteiger charge is 2.34. The van der Waals surface area contributed by atoms with Gasteiger partial charge in [-0.25, -0.2) is 0 Å². The van der Waals surface area contributed by atoms with Crippen molar-refractivity contribution in [2.45, 2.75) is 53.4 Å². The summed E-state index contributed by atoms with van der Waals surface area (Å²) in [6.07, 6.45) is 4.66. The van der Waals surface area contributed by atoms with Gasteiger partial charge >= 0.3 is 5.97 Å². The summed E-state index contributed by atoms with van der Waals surface area (Å²) in [7, 11) is 0. The molecule has 1 saturated carbocycles. The molecule has 1 atom stereocenters. The molecule has 2 heteroatoms. The molecule has 1 unspecified atom stereocenters. The van der Waals surface area contributed by atoms with E-state index in [1.54, 1.807) is 0 Å². The van der Waals surface area contributed by atoms with Crippen molar-refractivity contribution in [3.63, 3.8) is 0 Å². The lowest BCUT2D eigenvalue weighted by Gasteiger charge is -2.35. The van der Waals surface area contributed by atoms with E-state index in [0.717, 1.165) is 24.7 Å². The zero-order valence-electron chi connectivity index (χ0n) is 11.1. The monoisotopic (exact) mass is 226 g/mol. The van der Waals surface area contributed by atoms with Crippen LogP contribution in [0.15, 0.2) is 0 Å². The minimum absolute atomic E-state index is 0.131. The van der Waals surface area contributed by atoms with E-state index in [0.29, 0.717) is 5.92 Å². The predicted octanol–water partition coefficient (Wildman–Crippen LogP) is 3.81. The first-order chi connectivity index (χ1) is 7.43. The molecule has 0 saturated heterocycles. The Morgan fingerprint density at radius 1 is 1.00 bits per heavy atom. The van der Waals surface area contributed by atoms with E-state index in [-0.39, 0.29) is 11.8 Å². The van der Waals surface area contributed by atoms with Gasteiger partial charge in [-0.1, -0.05) is 27.7 Å². The third-order valence-electron chi connectivity index (χ3n) is 4.27. The number of hydrogen-bond acceptors (Lipinski definition) is 1. The second kappa shape index (κ2) is 5.70. The standard InChI is InChI=1S/C14H26O2/c1-9(2)11-5-7-12(8-6-11)13(10(3)4)14(15)16/h9-13H,5-8H2,1-4H3,(H,15,16). The number of carbonyl (C=O) groups is 1. The van der Waals surface area contributed by atoms with Gasteiger partial charge in [-0.3, -0.25) is 4.79 Å². The summed E-state index contributed by atoms with van der Waals surface area (Å²) in [6, 6.07) is 0. The third kappa shape index (κ3) is 3.23. The van der Waals surface area contributed by atoms with Gasteiger partial charge in [-0.2, -0.15) is 0 Å². The molecule has 1 N–H and O–H groups in total. The zero-order chi connectivity index (χ0) is 12.3. The summed E-state index contributed by atoms with van der Waals surface area (Å²) in [5, 5.41) is 9.27. The maximum absolute atomic E-state index is 11.3. The summed E-state index contributed by atoms with van der Waals surface area (Å²) in [5.74, 6) is 1.52. The topological polar surface area (TPSA) is 37.3 Å². The number of hydrogen-bond donors (Lipinski definition) is 1. The van der Waals surface area contributed by atoms with Crippen LogP contribution in [-0.2, 0) is 4.79 Å². The van der Waals surface area contributed by atoms with E-state index < -0.39 is 5.97 Å². The Hall–Kier alpha value is -0.530. The van der Waals surface area contributed by atoms with Gasteiger partial charge in [0.1, 0.15) is 0 Å². The van der Waals surface area contributed by atoms with Gasteiger partial charge in [0.15, 0.2) is 0 Å². The van der Waals surface area contributed by atoms with Gasteiger partial charge in [0.25, 0.3) is 0 Å². The minimum atomic E-state index is -0.594. The molecule has 0 aromatic carbocycles. The van der Waals surface area contributed by atoms with Gasteiger partial charge in [-0.05, 0) is 49.4 Å². The number of carboxylic acids is 1. The first-order valence-corrected chi connectivity index (χ1v) is 6.66. The average Bonchev–Trinajstić information content (AvgIpc) is 2.17. The summed E-state index contributed by atoms with van der Waals surface area (Å²) in [4.78, 5) is 11.3. The highest BCUT2D eigenvalue weighted by atomic mass is 16.4. The van der Waals surface area contributed by atoms with Crippen LogP contribution in [0.3, 0.4) is 0 Å². The zero-order valence-corrected chi connectivity index (χ0v) is 11.1. The van der Waals surface area contributed by atoms with E-state index in [2.05, 4.69) is 13.8 Å². The van der Waals surface area contributed by atoms with Crippen molar-refractivity contribution < 1.29 is 9.90 Å². The Morgan fingerprint density at radius 3 is 1.75 bits per heavy atom. The fourth-order valence-electron chi connectivity index (χ4n) is 3.20. The minimum Gasteiger partial charge on any atom is -0.481 e. The maximum atomic E-state index is 11.3. The fourth-order valence-corrected chi connectivity index (χ4v) is 3.20. The van der Waals surface area contributed by atoms with Gasteiger partial charge < -0.3 is 5.11 Å². The number of carboxylic acid groups (broad SMARTS) is 1. The molecular formula is C14H26O2. The molecule has 1 rings (SSSR count). The van der Waals surface area contributed by atoms with Crippen molar-refractivity contribution in [1.29, 1.82) is 0 Å². The average molecular weight is 226 g/mol. The van der Waals surface area contributed by atoms with E-state index >= 15 is 0 Å². The molecule has 0 aromatic rings. The molecule has 94 valence electrons. The van der Waals surface area contributed by atoms with Crippen molar-refractivity contribution in [1.82, 2.24) is 0 Å². The quantitative estimate of drug-likeness (QED) is 0.791. The van der Waals surface area contributed by atoms with Crippen LogP contribution in [0.4, 0.5) is 0 Å². The van der Waals surface area contributed by atoms with Crippen LogP contribution >= 0.6 is 0 Å². The van der Waals surface area contributed by atoms with Crippen molar-refractivity contribution in [2.75, 3.05) is 0 Å². The van der Waals surface area contributed by atoms with Crippen LogP contribution in [-0.4, -0.2) is 11.1 Å². The SMILES string of the molecule is CC(C)C1CCC(C(C(=O)O)C(C)C)CC1. The van der Waals surface area contributed by atoms with Crippen LogP contribution in [0.2, 0.25) is 0 Å². The van der Waals surface area contributed by atoms with Crippen LogP contribution in [0.25, 0.3) is 0 Å². The van der Waals surface area contributed by atoms with Crippen LogP contribution < -0.4 is 0 Å². The second-order valence-electron chi connectivity index (χ2n) is 6.03. The largest absolute Gasteiger partial charge is 0.481 e. The summed E-state index contributed by atoms with van der Waals surface area (Å²) in [5.41, 5.74) is 0. The Labute approximate surface area is 99.4 Å². The molecule has 1 aliphatic rings. The van der Waals surface area contributed by atoms with Crippen molar-refractivity contribution >= 4 is 5.97 Å². The summed E-state index contributed by atoms with van der Waals surface area (Å²) < 4.78 is 0. The first kappa shape index (κ1) is 13.5. The molecule has 1 fully saturated rings. The number of aliphatic carboxylic acids is 1. The Kier molecular flexibility index (Phi) is 4.82. The molecule has 0 aromatic heterocycles. The van der Waals surface area contributed by atoms with E-state index in [9.17, 15) is 9.90 Å². The van der Waals surface area contributed by atoms with Gasteiger partial charge in [0.05, 0.1) is 5.92 Å². The molecule has 0 heterocycles. The fraction of sp³-hybridized carbons (Fsp3) is 0.929. The Balaban J connectivity index is 2.54. The molecule has 16 heavy (non-hydrogen) atoms. The highest BCUT2D eigenvalue weighted by molar-refractivity contribution is 5.70. The lowest BCUT2D eigenvalue weighted by atomic mass is 9.70. The molecule has 0 aliphatic heterocycles. The van der Waals surface area contributed by atoms with E-state index in [4.69, 9.17) is 0 Å². The molecule has 1 aliphatic carbocycles. The maximum Gasteiger partial charge on any atom is 0.307 e. The summed E-state index contributed by atoms with van der Waals surface area (Å²) >= 11 is 0. The van der Waals surface area contributed by atoms with Crippen LogP contribution in [0, 0.1) is 29.6 Å². The van der Waals surface area contributed by atoms with E-state index in [1.165, 1.54) is 12.8 Å². The Morgan fingerprint density at radius 2 is 1.44 bits per heavy atom. The molecule has 0 amide bonds. The smallest absolute Gasteiger partial charge is 0.307 e. The second-order valence-corrected chi connectivity index (χ2v) is 6.03. The molecule has 0 radical (unpaired) electrons. The first-order valence-electron chi connectivity index (χ1n) is 6.66. The number of rotatable bonds is 4. The van der Waals surface area contributed by atoms with Crippen molar-refractivity contribution in [2.24, 2.45) is 29.6 Å². The lowest BCUT2D eigenvalue weighted by molar-refractivity contribution is -0.146. The lowest BCUT2D eigenvalue weighted by Crippen LogP contribution is -2.32. The van der Waals surface area contributed by atoms with Crippen molar-refractivity contribution in [3.8, 4) is 0 Å². The van der Waals surface area contributed by atoms with Crippen molar-refractivity contribution in [3.05, 3.63) is 0 Å². The van der Waals surface area contributed by atoms with Crippen LogP contribution in [0.1, 0.15) is 53.4 Å². The van der Waals surface area contributed by atoms with E-state index in [1.807, 2.05) is 13.8 Å². The molecular weight excluding hydrogens is 200 g/mol. The van der Waals surface area contributed by atoms with Gasteiger partial charge in [-0.15, -0.1) is 0 Å². The van der Waals surface area contributed by atoms with Gasteiger partial charge in [0, 0.05) is 0 Å². The normalized spacial score (nSPS) is 28.4. The van der Waals surface area contributed by atoms with Gasteiger partial charge in [0.2, 0.25) is 0 Å². The molecule has 2 nitrogen and oxygen atoms in total. The summed E-state index contributed by atoms with van der Waals surface area (Å²) in [6.45, 7) is 8.63. The third-order valence-corrected chi connectivity index (χ3v) is 4.27. The van der Waals surface area contributed by atoms with Crippen LogP contribution in [0.5, 0.6) is 0 Å². The highest BCUT2D eigenvalue weighted by Crippen LogP contribution is 2.39. The Bertz CT molecular complexity index is 225. The molecule has 0 bridgehead atoms.